The summed E-state index contributed by atoms with van der Waals surface area (Å²) in [6.45, 7) is -3.52. The summed E-state index contributed by atoms with van der Waals surface area (Å²) in [5, 5.41) is 9.77. The van der Waals surface area contributed by atoms with Crippen molar-refractivity contribution in [1.29, 1.82) is 0 Å². The zero-order valence-electron chi connectivity index (χ0n) is 18.2. The molecule has 7 nitrogen and oxygen atoms in total. The lowest BCUT2D eigenvalue weighted by atomic mass is 10.2. The number of hydrogen-bond acceptors (Lipinski definition) is 4. The van der Waals surface area contributed by atoms with Gasteiger partial charge in [0, 0.05) is 27.5 Å². The molecule has 0 amide bonds. The first-order valence-electron chi connectivity index (χ1n) is 9.48. The van der Waals surface area contributed by atoms with Crippen molar-refractivity contribution in [3.8, 4) is 0 Å². The van der Waals surface area contributed by atoms with E-state index in [9.17, 15) is 14.7 Å². The Hall–Kier alpha value is -1.89. The Kier molecular flexibility index (Phi) is 2.19. The third-order valence-electron chi connectivity index (χ3n) is 2.99. The molecule has 20 heavy (non-hydrogen) atoms. The molecule has 0 aliphatic heterocycles. The smallest absolute Gasteiger partial charge is 0.332 e. The Balaban J connectivity index is 2.35. The van der Waals surface area contributed by atoms with Crippen molar-refractivity contribution in [2.45, 2.75) is 38.7 Å². The monoisotopic (exact) mass is 287 g/mol. The van der Waals surface area contributed by atoms with Gasteiger partial charge in [0.15, 0.2) is 11.2 Å². The highest BCUT2D eigenvalue weighted by Crippen LogP contribution is 2.04. The van der Waals surface area contributed by atoms with Crippen LogP contribution >= 0.6 is 0 Å². The largest absolute Gasteiger partial charge is 0.393 e. The highest BCUT2D eigenvalue weighted by Gasteiger charge is 2.14. The van der Waals surface area contributed by atoms with Gasteiger partial charge < -0.3 is 9.67 Å². The van der Waals surface area contributed by atoms with Crippen molar-refractivity contribution >= 4 is 11.2 Å². The molecule has 0 bridgehead atoms. The van der Waals surface area contributed by atoms with Crippen LogP contribution in [0.15, 0.2) is 15.9 Å². The zero-order valence-corrected chi connectivity index (χ0v) is 11.2. The first kappa shape index (κ1) is 7.78. The fourth-order valence-electron chi connectivity index (χ4n) is 1.98. The molecule has 0 unspecified atom stereocenters. The molecule has 1 atom stereocenters. The third-order valence-corrected chi connectivity index (χ3v) is 2.99. The molecule has 0 fully saturated rings. The van der Waals surface area contributed by atoms with Gasteiger partial charge in [-0.15, -0.1) is 0 Å². The summed E-state index contributed by atoms with van der Waals surface area (Å²) in [7, 11) is 2.83. The van der Waals surface area contributed by atoms with Gasteiger partial charge in [-0.05, 0) is 26.1 Å². The Morgan fingerprint density at radius 1 is 1.55 bits per heavy atom. The predicted octanol–water partition coefficient (Wildman–Crippen LogP) is -0.0152. The summed E-state index contributed by atoms with van der Waals surface area (Å²) < 4.78 is 55.1. The number of hydrogen-bond donors (Lipinski definition) is 1. The fraction of sp³-hybridized carbons (Fsp3) is 0.615. The van der Waals surface area contributed by atoms with E-state index in [4.69, 9.17) is 9.60 Å². The summed E-state index contributed by atoms with van der Waals surface area (Å²) >= 11 is 0. The second-order valence-electron chi connectivity index (χ2n) is 4.37. The van der Waals surface area contributed by atoms with Crippen LogP contribution in [0.1, 0.15) is 35.7 Å². The van der Waals surface area contributed by atoms with Crippen molar-refractivity contribution in [2.75, 3.05) is 0 Å². The third kappa shape index (κ3) is 2.53. The molecule has 7 heteroatoms. The summed E-state index contributed by atoms with van der Waals surface area (Å²) in [5.74, 6) is 0. The van der Waals surface area contributed by atoms with Crippen LogP contribution in [-0.4, -0.2) is 29.9 Å². The second-order valence-corrected chi connectivity index (χ2v) is 4.37. The number of aryl methyl sites for hydroxylation is 2. The molecule has 2 heterocycles. The van der Waals surface area contributed by atoms with Crippen molar-refractivity contribution < 1.29 is 14.7 Å². The maximum Gasteiger partial charge on any atom is 0.332 e. The van der Waals surface area contributed by atoms with E-state index in [1.807, 2.05) is 0 Å². The SMILES string of the molecule is [2H]c1nc2c(c(=O)n(CCCC([2H])([2H])[C@@]([2H])(O)C([2H])([2H])[2H])c(=O)n2C)n1C. The normalized spacial score (nSPS) is 21.1. The zero-order chi connectivity index (χ0) is 20.9. The number of fused-ring (bicyclic) bond motifs is 1. The topological polar surface area (TPSA) is 82.1 Å². The summed E-state index contributed by atoms with van der Waals surface area (Å²) in [5.41, 5.74) is -1.35. The van der Waals surface area contributed by atoms with Gasteiger partial charge in [0.2, 0.25) is 0 Å². The number of rotatable bonds is 5. The average Bonchev–Trinajstić information content (AvgIpc) is 2.83. The molecule has 0 saturated heterocycles. The highest BCUT2D eigenvalue weighted by atomic mass is 16.3. The predicted molar refractivity (Wildman–Crippen MR) is 75.7 cm³/mol. The van der Waals surface area contributed by atoms with E-state index in [0.717, 1.165) is 9.13 Å². The van der Waals surface area contributed by atoms with E-state index in [1.54, 1.807) is 0 Å². The Bertz CT molecular complexity index is 987. The maximum absolute atomic E-state index is 12.6. The number of imidazole rings is 1. The van der Waals surface area contributed by atoms with Gasteiger partial charge in [-0.2, -0.15) is 0 Å². The molecule has 110 valence electrons. The molecule has 0 saturated carbocycles. The van der Waals surface area contributed by atoms with Crippen molar-refractivity contribution in [2.24, 2.45) is 14.1 Å². The van der Waals surface area contributed by atoms with Gasteiger partial charge in [0.25, 0.3) is 5.56 Å². The van der Waals surface area contributed by atoms with E-state index in [0.29, 0.717) is 0 Å². The summed E-state index contributed by atoms with van der Waals surface area (Å²) in [4.78, 5) is 28.8. The van der Waals surface area contributed by atoms with Gasteiger partial charge in [-0.1, -0.05) is 0 Å². The van der Waals surface area contributed by atoms with Crippen LogP contribution in [0, 0.1) is 0 Å². The highest BCUT2D eigenvalue weighted by molar-refractivity contribution is 5.69. The van der Waals surface area contributed by atoms with Gasteiger partial charge in [0.05, 0.1) is 13.8 Å². The van der Waals surface area contributed by atoms with E-state index >= 15 is 0 Å². The minimum absolute atomic E-state index is 0.0320. The summed E-state index contributed by atoms with van der Waals surface area (Å²) in [6, 6.07) is 0. The molecule has 0 spiro atoms. The van der Waals surface area contributed by atoms with Crippen molar-refractivity contribution in [3.05, 3.63) is 27.1 Å². The lowest BCUT2D eigenvalue weighted by molar-refractivity contribution is 0.180. The minimum atomic E-state index is -3.33. The molecule has 2 aromatic heterocycles. The molecule has 0 aromatic carbocycles. The van der Waals surface area contributed by atoms with Gasteiger partial charge in [-0.3, -0.25) is 13.9 Å². The van der Waals surface area contributed by atoms with Crippen LogP contribution in [0.5, 0.6) is 0 Å². The molecule has 0 radical (unpaired) electrons. The number of aromatic nitrogens is 4. The quantitative estimate of drug-likeness (QED) is 0.838. The van der Waals surface area contributed by atoms with E-state index < -0.39 is 37.0 Å². The maximum atomic E-state index is 12.6. The fourth-order valence-corrected chi connectivity index (χ4v) is 1.98. The van der Waals surface area contributed by atoms with Crippen LogP contribution in [0.4, 0.5) is 0 Å². The first-order valence-corrected chi connectivity index (χ1v) is 5.98. The second kappa shape index (κ2) is 5.62. The lowest BCUT2D eigenvalue weighted by Crippen LogP contribution is -2.39. The Labute approximate surface area is 125 Å². The van der Waals surface area contributed by atoms with E-state index in [1.165, 1.54) is 18.7 Å². The average molecular weight is 287 g/mol. The van der Waals surface area contributed by atoms with Crippen LogP contribution in [0.2, 0.25) is 0 Å². The lowest BCUT2D eigenvalue weighted by Gasteiger charge is -2.09. The van der Waals surface area contributed by atoms with Crippen LogP contribution in [-0.2, 0) is 20.6 Å². The molecule has 0 aliphatic carbocycles. The molecule has 1 N–H and O–H groups in total. The standard InChI is InChI=1S/C13H20N4O3/c1-9(18)6-4-5-7-17-12(19)10-11(14-8-15(10)2)16(3)13(17)20/h8-9,18H,4-7H2,1-3H3/t9-/m0/s1/i1D3,6D2,8D,9D. The van der Waals surface area contributed by atoms with Crippen LogP contribution in [0.3, 0.4) is 0 Å². The number of nitrogens with zero attached hydrogens (tertiary/aromatic N) is 4. The molecule has 2 aromatic rings. The summed E-state index contributed by atoms with van der Waals surface area (Å²) in [6.07, 6.45) is -7.06. The first-order chi connectivity index (χ1) is 12.1. The number of aliphatic hydroxyl groups is 1. The van der Waals surface area contributed by atoms with Crippen LogP contribution in [0.25, 0.3) is 11.2 Å². The molecule has 2 rings (SSSR count). The minimum Gasteiger partial charge on any atom is -0.393 e. The van der Waals surface area contributed by atoms with Gasteiger partial charge >= 0.3 is 5.69 Å². The van der Waals surface area contributed by atoms with Gasteiger partial charge in [-0.25, -0.2) is 9.78 Å². The Morgan fingerprint density at radius 3 is 3.00 bits per heavy atom. The van der Waals surface area contributed by atoms with Crippen LogP contribution < -0.4 is 11.2 Å². The van der Waals surface area contributed by atoms with Crippen molar-refractivity contribution in [3.63, 3.8) is 0 Å². The van der Waals surface area contributed by atoms with Gasteiger partial charge in [0.1, 0.15) is 1.37 Å². The van der Waals surface area contributed by atoms with Crippen molar-refractivity contribution in [1.82, 2.24) is 18.7 Å². The molecular formula is C13H20N4O3. The Morgan fingerprint density at radius 2 is 2.30 bits per heavy atom. The van der Waals surface area contributed by atoms with E-state index in [2.05, 4.69) is 4.98 Å². The van der Waals surface area contributed by atoms with E-state index in [-0.39, 0.29) is 30.4 Å². The molecule has 0 aliphatic rings. The molecular weight excluding hydrogens is 260 g/mol.